The monoisotopic (exact) mass is 397 g/mol. The zero-order valence-corrected chi connectivity index (χ0v) is 15.6. The van der Waals surface area contributed by atoms with Gasteiger partial charge in [-0.3, -0.25) is 4.79 Å². The van der Waals surface area contributed by atoms with Gasteiger partial charge in [0.15, 0.2) is 13.2 Å². The van der Waals surface area contributed by atoms with Crippen LogP contribution in [-0.4, -0.2) is 25.1 Å². The van der Waals surface area contributed by atoms with Crippen LogP contribution in [0.1, 0.15) is 23.3 Å². The summed E-state index contributed by atoms with van der Waals surface area (Å²) in [6.07, 6.45) is 4.04. The number of amides is 1. The normalized spacial score (nSPS) is 12.6. The van der Waals surface area contributed by atoms with Crippen LogP contribution in [0.4, 0.5) is 0 Å². The molecule has 29 heavy (non-hydrogen) atoms. The topological polar surface area (TPSA) is 108 Å². The fraction of sp³-hybridized carbons (Fsp3) is 0.286. The molecule has 8 heteroatoms. The number of esters is 1. The average molecular weight is 397 g/mol. The standard InChI is InChI=1S/C21H19NO7/c23-19(22-10-14-3-2-8-26-14)11-28-20(24)12-27-13-6-7-16-15-4-1-5-17(15)21(25)29-18(16)9-13/h2-3,6-9H,1,4-5,10-12H2,(H,22,23). The van der Waals surface area contributed by atoms with Crippen molar-refractivity contribution < 1.29 is 27.9 Å². The maximum atomic E-state index is 12.1. The minimum atomic E-state index is -0.686. The Morgan fingerprint density at radius 2 is 1.97 bits per heavy atom. The number of nitrogens with one attached hydrogen (secondary N) is 1. The van der Waals surface area contributed by atoms with Crippen molar-refractivity contribution in [3.63, 3.8) is 0 Å². The molecule has 150 valence electrons. The molecule has 0 atom stereocenters. The lowest BCUT2D eigenvalue weighted by molar-refractivity contribution is -0.150. The fourth-order valence-corrected chi connectivity index (χ4v) is 3.33. The third-order valence-corrected chi connectivity index (χ3v) is 4.71. The number of hydrogen-bond donors (Lipinski definition) is 1. The molecule has 1 aliphatic rings. The summed E-state index contributed by atoms with van der Waals surface area (Å²) in [6, 6.07) is 8.55. The zero-order valence-electron chi connectivity index (χ0n) is 15.6. The number of aryl methyl sites for hydroxylation is 1. The van der Waals surface area contributed by atoms with Gasteiger partial charge < -0.3 is 23.6 Å². The van der Waals surface area contributed by atoms with Crippen molar-refractivity contribution in [1.82, 2.24) is 5.32 Å². The Morgan fingerprint density at radius 3 is 2.79 bits per heavy atom. The van der Waals surface area contributed by atoms with Gasteiger partial charge in [-0.05, 0) is 49.1 Å². The molecule has 0 fully saturated rings. The second-order valence-electron chi connectivity index (χ2n) is 6.66. The van der Waals surface area contributed by atoms with Crippen LogP contribution in [0.15, 0.2) is 50.2 Å². The van der Waals surface area contributed by atoms with Crippen molar-refractivity contribution in [2.45, 2.75) is 25.8 Å². The maximum Gasteiger partial charge on any atom is 0.344 e. The third kappa shape index (κ3) is 4.31. The van der Waals surface area contributed by atoms with Crippen molar-refractivity contribution in [3.05, 3.63) is 63.9 Å². The largest absolute Gasteiger partial charge is 0.482 e. The second kappa shape index (κ2) is 8.22. The van der Waals surface area contributed by atoms with Crippen molar-refractivity contribution in [1.29, 1.82) is 0 Å². The highest BCUT2D eigenvalue weighted by molar-refractivity contribution is 5.83. The summed E-state index contributed by atoms with van der Waals surface area (Å²) in [5.41, 5.74) is 1.89. The van der Waals surface area contributed by atoms with Crippen LogP contribution in [0, 0.1) is 0 Å². The minimum Gasteiger partial charge on any atom is -0.482 e. The van der Waals surface area contributed by atoms with Crippen LogP contribution < -0.4 is 15.7 Å². The van der Waals surface area contributed by atoms with Gasteiger partial charge in [-0.25, -0.2) is 9.59 Å². The van der Waals surface area contributed by atoms with E-state index >= 15 is 0 Å². The van der Waals surface area contributed by atoms with Crippen LogP contribution in [0.2, 0.25) is 0 Å². The lowest BCUT2D eigenvalue weighted by atomic mass is 10.1. The molecule has 0 unspecified atom stereocenters. The van der Waals surface area contributed by atoms with Crippen LogP contribution in [-0.2, 0) is 33.7 Å². The fourth-order valence-electron chi connectivity index (χ4n) is 3.33. The van der Waals surface area contributed by atoms with E-state index in [9.17, 15) is 14.4 Å². The molecular formula is C21H19NO7. The van der Waals surface area contributed by atoms with Gasteiger partial charge in [-0.15, -0.1) is 0 Å². The van der Waals surface area contributed by atoms with E-state index in [1.807, 2.05) is 6.07 Å². The van der Waals surface area contributed by atoms with Gasteiger partial charge in [0.25, 0.3) is 5.91 Å². The van der Waals surface area contributed by atoms with Gasteiger partial charge in [-0.1, -0.05) is 0 Å². The molecule has 0 saturated heterocycles. The number of carbonyl (C=O) groups is 2. The number of hydrogen-bond acceptors (Lipinski definition) is 7. The summed E-state index contributed by atoms with van der Waals surface area (Å²) in [5.74, 6) is -0.163. The van der Waals surface area contributed by atoms with Crippen molar-refractivity contribution in [3.8, 4) is 5.75 Å². The van der Waals surface area contributed by atoms with Gasteiger partial charge in [-0.2, -0.15) is 0 Å². The van der Waals surface area contributed by atoms with E-state index in [0.29, 0.717) is 17.1 Å². The molecule has 0 saturated carbocycles. The molecule has 1 aromatic carbocycles. The lowest BCUT2D eigenvalue weighted by Gasteiger charge is -2.09. The summed E-state index contributed by atoms with van der Waals surface area (Å²) < 4.78 is 20.8. The van der Waals surface area contributed by atoms with Gasteiger partial charge in [0.05, 0.1) is 12.8 Å². The SMILES string of the molecule is O=C(COC(=O)COc1ccc2c3c(c(=O)oc2c1)CCC3)NCc1ccco1. The first-order valence-corrected chi connectivity index (χ1v) is 9.26. The molecule has 1 aliphatic carbocycles. The van der Waals surface area contributed by atoms with Crippen molar-refractivity contribution >= 4 is 22.8 Å². The molecule has 3 aromatic rings. The summed E-state index contributed by atoms with van der Waals surface area (Å²) in [4.78, 5) is 35.5. The third-order valence-electron chi connectivity index (χ3n) is 4.71. The Bertz CT molecular complexity index is 1100. The van der Waals surface area contributed by atoms with Crippen LogP contribution in [0.5, 0.6) is 5.75 Å². The number of benzene rings is 1. The van der Waals surface area contributed by atoms with Crippen LogP contribution >= 0.6 is 0 Å². The molecule has 0 radical (unpaired) electrons. The number of furan rings is 1. The lowest BCUT2D eigenvalue weighted by Crippen LogP contribution is -2.29. The maximum absolute atomic E-state index is 12.1. The van der Waals surface area contributed by atoms with Crippen LogP contribution in [0.3, 0.4) is 0 Å². The van der Waals surface area contributed by atoms with E-state index in [1.54, 1.807) is 24.3 Å². The predicted octanol–water partition coefficient (Wildman–Crippen LogP) is 2.11. The molecule has 2 aromatic heterocycles. The summed E-state index contributed by atoms with van der Waals surface area (Å²) >= 11 is 0. The Labute approximate surface area is 165 Å². The van der Waals surface area contributed by atoms with Gasteiger partial charge >= 0.3 is 11.6 Å². The molecule has 8 nitrogen and oxygen atoms in total. The number of fused-ring (bicyclic) bond motifs is 3. The molecule has 1 amide bonds. The quantitative estimate of drug-likeness (QED) is 0.480. The van der Waals surface area contributed by atoms with Crippen molar-refractivity contribution in [2.75, 3.05) is 13.2 Å². The first-order chi connectivity index (χ1) is 14.1. The van der Waals surface area contributed by atoms with E-state index in [1.165, 1.54) is 6.26 Å². The molecule has 0 spiro atoms. The Balaban J connectivity index is 1.29. The van der Waals surface area contributed by atoms with Crippen molar-refractivity contribution in [2.24, 2.45) is 0 Å². The highest BCUT2D eigenvalue weighted by atomic mass is 16.6. The average Bonchev–Trinajstić information content (AvgIpc) is 3.41. The van der Waals surface area contributed by atoms with E-state index < -0.39 is 18.5 Å². The summed E-state index contributed by atoms with van der Waals surface area (Å²) in [7, 11) is 0. The Hall–Kier alpha value is -3.55. The van der Waals surface area contributed by atoms with Gasteiger partial charge in [0.1, 0.15) is 17.1 Å². The number of carbonyl (C=O) groups excluding carboxylic acids is 2. The summed E-state index contributed by atoms with van der Waals surface area (Å²) in [6.45, 7) is -0.570. The molecule has 0 bridgehead atoms. The molecule has 0 aliphatic heterocycles. The molecule has 1 N–H and O–H groups in total. The Kier molecular flexibility index (Phi) is 5.33. The predicted molar refractivity (Wildman–Crippen MR) is 102 cm³/mol. The Morgan fingerprint density at radius 1 is 1.10 bits per heavy atom. The summed E-state index contributed by atoms with van der Waals surface area (Å²) in [5, 5.41) is 3.46. The highest BCUT2D eigenvalue weighted by Gasteiger charge is 2.19. The van der Waals surface area contributed by atoms with E-state index in [-0.39, 0.29) is 18.8 Å². The molecule has 4 rings (SSSR count). The first kappa shape index (κ1) is 18.8. The smallest absolute Gasteiger partial charge is 0.344 e. The van der Waals surface area contributed by atoms with E-state index in [0.717, 1.165) is 35.8 Å². The molecule has 2 heterocycles. The number of ether oxygens (including phenoxy) is 2. The van der Waals surface area contributed by atoms with Gasteiger partial charge in [0.2, 0.25) is 0 Å². The minimum absolute atomic E-state index is 0.214. The second-order valence-corrected chi connectivity index (χ2v) is 6.66. The highest BCUT2D eigenvalue weighted by Crippen LogP contribution is 2.29. The van der Waals surface area contributed by atoms with E-state index in [4.69, 9.17) is 18.3 Å². The first-order valence-electron chi connectivity index (χ1n) is 9.26. The van der Waals surface area contributed by atoms with E-state index in [2.05, 4.69) is 5.32 Å². The molecular weight excluding hydrogens is 378 g/mol. The zero-order chi connectivity index (χ0) is 20.2. The van der Waals surface area contributed by atoms with Gasteiger partial charge in [0, 0.05) is 17.0 Å². The number of rotatable bonds is 7. The van der Waals surface area contributed by atoms with Crippen LogP contribution in [0.25, 0.3) is 11.0 Å².